The average Bonchev–Trinajstić information content (AvgIpc) is 2.27. The Morgan fingerprint density at radius 3 is 1.93 bits per heavy atom. The highest BCUT2D eigenvalue weighted by Gasteiger charge is 1.68. The summed E-state index contributed by atoms with van der Waals surface area (Å²) in [6, 6.07) is 0. The van der Waals surface area contributed by atoms with E-state index in [-0.39, 0.29) is 0 Å². The monoisotopic (exact) mass is 199 g/mol. The molecule has 0 aromatic heterocycles. The molecular weight excluding hydrogens is 186 g/mol. The molecule has 15 heavy (non-hydrogen) atoms. The molecule has 0 aromatic rings. The van der Waals surface area contributed by atoms with Gasteiger partial charge in [0.2, 0.25) is 0 Å². The number of rotatable bonds is 0. The fourth-order valence-electron chi connectivity index (χ4n) is 0.804. The highest BCUT2D eigenvalue weighted by atomic mass is 16.5. The van der Waals surface area contributed by atoms with E-state index in [2.05, 4.69) is 4.99 Å². The van der Waals surface area contributed by atoms with Crippen LogP contribution >= 0.6 is 0 Å². The van der Waals surface area contributed by atoms with Crippen LogP contribution in [-0.2, 0) is 4.74 Å². The first-order chi connectivity index (χ1) is 7.50. The third kappa shape index (κ3) is 7.02. The van der Waals surface area contributed by atoms with Crippen molar-refractivity contribution in [2.24, 2.45) is 4.99 Å². The van der Waals surface area contributed by atoms with Gasteiger partial charge < -0.3 is 4.74 Å². The molecule has 0 aromatic carbocycles. The lowest BCUT2D eigenvalue weighted by Crippen LogP contribution is -1.64. The van der Waals surface area contributed by atoms with Gasteiger partial charge in [-0.05, 0) is 12.2 Å². The van der Waals surface area contributed by atoms with Crippen molar-refractivity contribution in [1.29, 1.82) is 0 Å². The molecular formula is C13H13NO. The summed E-state index contributed by atoms with van der Waals surface area (Å²) in [5.74, 6) is 0. The molecule has 0 aliphatic carbocycles. The molecule has 1 aliphatic rings. The molecule has 0 N–H and O–H groups in total. The minimum atomic E-state index is 1.51. The highest BCUT2D eigenvalue weighted by Crippen LogP contribution is 1.86. The topological polar surface area (TPSA) is 21.6 Å². The summed E-state index contributed by atoms with van der Waals surface area (Å²) in [6.45, 7) is 0. The minimum absolute atomic E-state index is 1.51. The van der Waals surface area contributed by atoms with Crippen molar-refractivity contribution in [2.75, 3.05) is 0 Å². The number of hydrogen-bond acceptors (Lipinski definition) is 2. The summed E-state index contributed by atoms with van der Waals surface area (Å²) in [7, 11) is 0. The van der Waals surface area contributed by atoms with Gasteiger partial charge in [0.1, 0.15) is 6.26 Å². The first-order valence-electron chi connectivity index (χ1n) is 4.65. The van der Waals surface area contributed by atoms with Gasteiger partial charge in [-0.25, -0.2) is 0 Å². The minimum Gasteiger partial charge on any atom is -0.471 e. The van der Waals surface area contributed by atoms with Crippen LogP contribution in [0.25, 0.3) is 0 Å². The molecule has 0 saturated carbocycles. The summed E-state index contributed by atoms with van der Waals surface area (Å²) in [5, 5.41) is 0. The second-order valence-electron chi connectivity index (χ2n) is 2.59. The SMILES string of the molecule is C1=CC=CC=CO/C=C\N=C/C=CC=C1. The Balaban J connectivity index is 2.62. The fourth-order valence-corrected chi connectivity index (χ4v) is 0.804. The lowest BCUT2D eigenvalue weighted by atomic mass is 10.4. The van der Waals surface area contributed by atoms with Gasteiger partial charge >= 0.3 is 0 Å². The van der Waals surface area contributed by atoms with Crippen LogP contribution < -0.4 is 0 Å². The number of ether oxygens (including phenoxy) is 1. The van der Waals surface area contributed by atoms with Crippen LogP contribution in [-0.4, -0.2) is 6.21 Å². The summed E-state index contributed by atoms with van der Waals surface area (Å²) in [5.41, 5.74) is 0. The molecule has 0 amide bonds. The summed E-state index contributed by atoms with van der Waals surface area (Å²) in [6.07, 6.45) is 23.5. The predicted octanol–water partition coefficient (Wildman–Crippen LogP) is 3.30. The molecule has 76 valence electrons. The van der Waals surface area contributed by atoms with Crippen LogP contribution in [0.15, 0.2) is 78.4 Å². The van der Waals surface area contributed by atoms with Crippen LogP contribution in [0.3, 0.4) is 0 Å². The first kappa shape index (κ1) is 11.0. The molecule has 0 spiro atoms. The van der Waals surface area contributed by atoms with Crippen LogP contribution in [0.4, 0.5) is 0 Å². The van der Waals surface area contributed by atoms with Crippen molar-refractivity contribution in [2.45, 2.75) is 0 Å². The third-order valence-corrected chi connectivity index (χ3v) is 1.44. The zero-order valence-corrected chi connectivity index (χ0v) is 8.36. The average molecular weight is 199 g/mol. The zero-order chi connectivity index (χ0) is 10.6. The van der Waals surface area contributed by atoms with Gasteiger partial charge in [0, 0.05) is 6.21 Å². The Kier molecular flexibility index (Phi) is 6.23. The van der Waals surface area contributed by atoms with Crippen molar-refractivity contribution in [3.05, 3.63) is 73.4 Å². The Bertz CT molecular complexity index is 321. The number of nitrogens with zero attached hydrogens (tertiary/aromatic N) is 1. The number of aliphatic imine (C=N–C) groups is 1. The van der Waals surface area contributed by atoms with E-state index in [0.29, 0.717) is 0 Å². The molecule has 0 unspecified atom stereocenters. The predicted molar refractivity (Wildman–Crippen MR) is 64.4 cm³/mol. The highest BCUT2D eigenvalue weighted by molar-refractivity contribution is 5.72. The molecule has 1 heterocycles. The summed E-state index contributed by atoms with van der Waals surface area (Å²) >= 11 is 0. The van der Waals surface area contributed by atoms with Gasteiger partial charge in [-0.15, -0.1) is 0 Å². The van der Waals surface area contributed by atoms with Crippen molar-refractivity contribution in [3.63, 3.8) is 0 Å². The fraction of sp³-hybridized carbons (Fsp3) is 0. The largest absolute Gasteiger partial charge is 0.471 e. The van der Waals surface area contributed by atoms with Gasteiger partial charge in [-0.1, -0.05) is 42.5 Å². The van der Waals surface area contributed by atoms with Crippen LogP contribution in [0.5, 0.6) is 0 Å². The van der Waals surface area contributed by atoms with Gasteiger partial charge in [0.25, 0.3) is 0 Å². The van der Waals surface area contributed by atoms with E-state index >= 15 is 0 Å². The Morgan fingerprint density at radius 1 is 0.600 bits per heavy atom. The van der Waals surface area contributed by atoms with Gasteiger partial charge in [0.05, 0.1) is 12.5 Å². The van der Waals surface area contributed by atoms with Crippen molar-refractivity contribution >= 4 is 6.21 Å². The standard InChI is InChI=1S/C13H13NO/c1-2-4-6-8-10-14-11-13-15-12-9-7-5-3-1/h1-13H/b3-1?,4-2?,7-5?,8-6?,12-9?,13-11-,14-10-. The molecule has 0 atom stereocenters. The molecule has 0 radical (unpaired) electrons. The zero-order valence-electron chi connectivity index (χ0n) is 8.36. The Hall–Kier alpha value is -2.09. The van der Waals surface area contributed by atoms with Gasteiger partial charge in [0.15, 0.2) is 0 Å². The molecule has 0 fully saturated rings. The Morgan fingerprint density at radius 2 is 1.20 bits per heavy atom. The van der Waals surface area contributed by atoms with Crippen LogP contribution in [0.2, 0.25) is 0 Å². The van der Waals surface area contributed by atoms with E-state index < -0.39 is 0 Å². The van der Waals surface area contributed by atoms with Crippen molar-refractivity contribution in [3.8, 4) is 0 Å². The third-order valence-electron chi connectivity index (χ3n) is 1.44. The molecule has 2 heteroatoms. The molecule has 2 nitrogen and oxygen atoms in total. The second-order valence-corrected chi connectivity index (χ2v) is 2.59. The maximum absolute atomic E-state index is 5.02. The second kappa shape index (κ2) is 8.51. The Labute approximate surface area is 90.0 Å². The van der Waals surface area contributed by atoms with Gasteiger partial charge in [-0.3, -0.25) is 4.99 Å². The smallest absolute Gasteiger partial charge is 0.108 e. The molecule has 0 saturated heterocycles. The van der Waals surface area contributed by atoms with Crippen LogP contribution in [0.1, 0.15) is 0 Å². The molecule has 1 aliphatic heterocycles. The summed E-state index contributed by atoms with van der Waals surface area (Å²) < 4.78 is 5.02. The molecule has 1 rings (SSSR count). The lowest BCUT2D eigenvalue weighted by Gasteiger charge is -1.84. The number of allylic oxidation sites excluding steroid dienone is 9. The normalized spacial score (nSPS) is 20.3. The lowest BCUT2D eigenvalue weighted by molar-refractivity contribution is 0.402. The van der Waals surface area contributed by atoms with E-state index in [0.717, 1.165) is 0 Å². The maximum Gasteiger partial charge on any atom is 0.108 e. The van der Waals surface area contributed by atoms with E-state index in [1.54, 1.807) is 24.8 Å². The van der Waals surface area contributed by atoms with E-state index in [1.807, 2.05) is 48.6 Å². The van der Waals surface area contributed by atoms with Crippen LogP contribution in [0, 0.1) is 0 Å². The number of hydrogen-bond donors (Lipinski definition) is 0. The van der Waals surface area contributed by atoms with E-state index in [9.17, 15) is 0 Å². The first-order valence-corrected chi connectivity index (χ1v) is 4.65. The molecule has 0 bridgehead atoms. The summed E-state index contributed by atoms with van der Waals surface area (Å²) in [4.78, 5) is 3.96. The quantitative estimate of drug-likeness (QED) is 0.586. The van der Waals surface area contributed by atoms with E-state index in [1.165, 1.54) is 6.26 Å². The van der Waals surface area contributed by atoms with Crippen molar-refractivity contribution in [1.82, 2.24) is 0 Å². The van der Waals surface area contributed by atoms with Gasteiger partial charge in [-0.2, -0.15) is 0 Å². The van der Waals surface area contributed by atoms with E-state index in [4.69, 9.17) is 4.74 Å². The maximum atomic E-state index is 5.02. The van der Waals surface area contributed by atoms with Crippen molar-refractivity contribution < 1.29 is 4.74 Å².